The highest BCUT2D eigenvalue weighted by molar-refractivity contribution is 6.14. The zero-order chi connectivity index (χ0) is 20.1. The summed E-state index contributed by atoms with van der Waals surface area (Å²) < 4.78 is 5.11. The van der Waals surface area contributed by atoms with Gasteiger partial charge in [-0.15, -0.1) is 0 Å². The van der Waals surface area contributed by atoms with E-state index in [2.05, 4.69) is 15.5 Å². The molecule has 0 saturated carbocycles. The van der Waals surface area contributed by atoms with E-state index in [-0.39, 0.29) is 11.8 Å². The Morgan fingerprint density at radius 1 is 0.857 bits per heavy atom. The monoisotopic (exact) mass is 381 g/mol. The summed E-state index contributed by atoms with van der Waals surface area (Å²) in [5, 5.41) is 5.63. The van der Waals surface area contributed by atoms with Crippen LogP contribution in [0.15, 0.2) is 48.5 Å². The van der Waals surface area contributed by atoms with Crippen LogP contribution >= 0.6 is 0 Å². The van der Waals surface area contributed by atoms with Crippen molar-refractivity contribution in [1.29, 1.82) is 0 Å². The lowest BCUT2D eigenvalue weighted by molar-refractivity contribution is -0.135. The van der Waals surface area contributed by atoms with Crippen molar-refractivity contribution in [2.45, 2.75) is 26.7 Å². The predicted molar refractivity (Wildman–Crippen MR) is 112 cm³/mol. The maximum absolute atomic E-state index is 12.7. The van der Waals surface area contributed by atoms with Crippen LogP contribution in [0.25, 0.3) is 0 Å². The molecule has 2 N–H and O–H groups in total. The van der Waals surface area contributed by atoms with E-state index in [1.807, 2.05) is 24.3 Å². The summed E-state index contributed by atoms with van der Waals surface area (Å²) in [6.07, 6.45) is 2.44. The molecule has 148 valence electrons. The van der Waals surface area contributed by atoms with Crippen LogP contribution in [0.4, 0.5) is 17.1 Å². The number of hydrogen-bond acceptors (Lipinski definition) is 4. The number of nitrogens with zero attached hydrogens (tertiary/aromatic N) is 1. The summed E-state index contributed by atoms with van der Waals surface area (Å²) in [6, 6.07) is 14.8. The topological polar surface area (TPSA) is 70.7 Å². The molecule has 6 nitrogen and oxygen atoms in total. The van der Waals surface area contributed by atoms with Crippen LogP contribution in [0.1, 0.15) is 26.7 Å². The summed E-state index contributed by atoms with van der Waals surface area (Å²) in [6.45, 7) is 5.37. The molecule has 2 aromatic rings. The molecule has 0 aliphatic carbocycles. The molecule has 0 bridgehead atoms. The van der Waals surface area contributed by atoms with Gasteiger partial charge in [0.15, 0.2) is 0 Å². The van der Waals surface area contributed by atoms with E-state index in [1.165, 1.54) is 12.8 Å². The minimum Gasteiger partial charge on any atom is -0.497 e. The van der Waals surface area contributed by atoms with Gasteiger partial charge in [-0.3, -0.25) is 9.59 Å². The van der Waals surface area contributed by atoms with E-state index in [4.69, 9.17) is 4.74 Å². The summed E-state index contributed by atoms with van der Waals surface area (Å²) in [4.78, 5) is 27.7. The van der Waals surface area contributed by atoms with Gasteiger partial charge in [-0.25, -0.2) is 0 Å². The Labute approximate surface area is 165 Å². The largest absolute Gasteiger partial charge is 0.497 e. The third kappa shape index (κ3) is 4.44. The van der Waals surface area contributed by atoms with Crippen molar-refractivity contribution in [3.8, 4) is 5.75 Å². The molecule has 1 aliphatic heterocycles. The first-order valence-corrected chi connectivity index (χ1v) is 9.52. The maximum Gasteiger partial charge on any atom is 0.239 e. The molecule has 0 unspecified atom stereocenters. The van der Waals surface area contributed by atoms with Gasteiger partial charge in [0.25, 0.3) is 0 Å². The Bertz CT molecular complexity index is 823. The van der Waals surface area contributed by atoms with Gasteiger partial charge in [0.05, 0.1) is 7.11 Å². The molecule has 1 heterocycles. The van der Waals surface area contributed by atoms with Crippen LogP contribution in [-0.4, -0.2) is 32.0 Å². The number of rotatable bonds is 6. The van der Waals surface area contributed by atoms with Gasteiger partial charge in [-0.1, -0.05) is 0 Å². The van der Waals surface area contributed by atoms with Gasteiger partial charge < -0.3 is 20.3 Å². The third-order valence-electron chi connectivity index (χ3n) is 5.08. The second-order valence-electron chi connectivity index (χ2n) is 7.50. The van der Waals surface area contributed by atoms with Crippen LogP contribution in [0.5, 0.6) is 5.75 Å². The Hall–Kier alpha value is -3.02. The number of amides is 2. The van der Waals surface area contributed by atoms with Crippen LogP contribution in [0, 0.1) is 5.41 Å². The molecule has 0 spiro atoms. The van der Waals surface area contributed by atoms with E-state index in [1.54, 1.807) is 45.2 Å². The van der Waals surface area contributed by atoms with Gasteiger partial charge >= 0.3 is 0 Å². The molecule has 1 fully saturated rings. The lowest BCUT2D eigenvalue weighted by Crippen LogP contribution is -2.41. The van der Waals surface area contributed by atoms with Crippen molar-refractivity contribution >= 4 is 28.9 Å². The van der Waals surface area contributed by atoms with E-state index >= 15 is 0 Å². The second kappa shape index (κ2) is 8.33. The normalized spacial score (nSPS) is 13.9. The molecule has 2 aromatic carbocycles. The van der Waals surface area contributed by atoms with Crippen LogP contribution in [-0.2, 0) is 9.59 Å². The van der Waals surface area contributed by atoms with Gasteiger partial charge in [-0.05, 0) is 75.2 Å². The van der Waals surface area contributed by atoms with Crippen molar-refractivity contribution in [3.63, 3.8) is 0 Å². The molecule has 0 aromatic heterocycles. The SMILES string of the molecule is COc1ccc(NC(=O)C(C)(C)C(=O)Nc2ccc(N3CCCC3)cc2)cc1. The second-order valence-corrected chi connectivity index (χ2v) is 7.50. The Kier molecular flexibility index (Phi) is 5.87. The average Bonchev–Trinajstić information content (AvgIpc) is 3.24. The first-order chi connectivity index (χ1) is 13.4. The Morgan fingerprint density at radius 2 is 1.32 bits per heavy atom. The Morgan fingerprint density at radius 3 is 1.79 bits per heavy atom. The summed E-state index contributed by atoms with van der Waals surface area (Å²) in [5.74, 6) is -0.0244. The van der Waals surface area contributed by atoms with E-state index in [0.717, 1.165) is 18.8 Å². The predicted octanol–water partition coefficient (Wildman–Crippen LogP) is 3.90. The molecule has 28 heavy (non-hydrogen) atoms. The molecule has 1 saturated heterocycles. The molecule has 6 heteroatoms. The highest BCUT2D eigenvalue weighted by Gasteiger charge is 2.36. The smallest absolute Gasteiger partial charge is 0.239 e. The number of ether oxygens (including phenoxy) is 1. The molecule has 2 amide bonds. The van der Waals surface area contributed by atoms with E-state index in [0.29, 0.717) is 17.1 Å². The van der Waals surface area contributed by atoms with Crippen molar-refractivity contribution in [2.75, 3.05) is 35.7 Å². The highest BCUT2D eigenvalue weighted by Crippen LogP contribution is 2.25. The van der Waals surface area contributed by atoms with E-state index < -0.39 is 5.41 Å². The van der Waals surface area contributed by atoms with Crippen molar-refractivity contribution in [3.05, 3.63) is 48.5 Å². The quantitative estimate of drug-likeness (QED) is 0.745. The number of hydrogen-bond donors (Lipinski definition) is 2. The molecule has 1 aliphatic rings. The maximum atomic E-state index is 12.7. The lowest BCUT2D eigenvalue weighted by atomic mass is 9.90. The van der Waals surface area contributed by atoms with Crippen LogP contribution < -0.4 is 20.3 Å². The van der Waals surface area contributed by atoms with Crippen LogP contribution in [0.2, 0.25) is 0 Å². The zero-order valence-corrected chi connectivity index (χ0v) is 16.6. The minimum absolute atomic E-state index is 0.354. The molecular weight excluding hydrogens is 354 g/mol. The number of methoxy groups -OCH3 is 1. The molecule has 3 rings (SSSR count). The van der Waals surface area contributed by atoms with Crippen LogP contribution in [0.3, 0.4) is 0 Å². The highest BCUT2D eigenvalue weighted by atomic mass is 16.5. The van der Waals surface area contributed by atoms with Crippen molar-refractivity contribution < 1.29 is 14.3 Å². The van der Waals surface area contributed by atoms with Crippen molar-refractivity contribution in [1.82, 2.24) is 0 Å². The Balaban J connectivity index is 1.61. The lowest BCUT2D eigenvalue weighted by Gasteiger charge is -2.23. The molecule has 0 radical (unpaired) electrons. The number of benzene rings is 2. The summed E-state index contributed by atoms with van der Waals surface area (Å²) in [5.41, 5.74) is 1.22. The average molecular weight is 381 g/mol. The summed E-state index contributed by atoms with van der Waals surface area (Å²) >= 11 is 0. The number of carbonyl (C=O) groups is 2. The molecule has 0 atom stereocenters. The van der Waals surface area contributed by atoms with Gasteiger partial charge in [-0.2, -0.15) is 0 Å². The van der Waals surface area contributed by atoms with Crippen molar-refractivity contribution in [2.24, 2.45) is 5.41 Å². The zero-order valence-electron chi connectivity index (χ0n) is 16.6. The van der Waals surface area contributed by atoms with Gasteiger partial charge in [0.1, 0.15) is 11.2 Å². The standard InChI is InChI=1S/C22H27N3O3/c1-22(2,21(27)24-17-8-12-19(28-3)13-9-17)20(26)23-16-6-10-18(11-7-16)25-14-4-5-15-25/h6-13H,4-5,14-15H2,1-3H3,(H,23,26)(H,24,27). The first-order valence-electron chi connectivity index (χ1n) is 9.52. The number of nitrogens with one attached hydrogen (secondary N) is 2. The van der Waals surface area contributed by atoms with Gasteiger partial charge in [0.2, 0.25) is 11.8 Å². The summed E-state index contributed by atoms with van der Waals surface area (Å²) in [7, 11) is 1.58. The fraction of sp³-hybridized carbons (Fsp3) is 0.364. The number of anilines is 3. The van der Waals surface area contributed by atoms with E-state index in [9.17, 15) is 9.59 Å². The van der Waals surface area contributed by atoms with Gasteiger partial charge in [0, 0.05) is 30.2 Å². The third-order valence-corrected chi connectivity index (χ3v) is 5.08. The molecular formula is C22H27N3O3. The first kappa shape index (κ1) is 19.7. The fourth-order valence-electron chi connectivity index (χ4n) is 3.08. The number of carbonyl (C=O) groups excluding carboxylic acids is 2. The minimum atomic E-state index is -1.23. The fourth-order valence-corrected chi connectivity index (χ4v) is 3.08.